The van der Waals surface area contributed by atoms with Gasteiger partial charge in [-0.05, 0) is 13.0 Å². The molecule has 0 spiro atoms. The van der Waals surface area contributed by atoms with E-state index in [1.807, 2.05) is 0 Å². The van der Waals surface area contributed by atoms with Gasteiger partial charge in [0.2, 0.25) is 0 Å². The topological polar surface area (TPSA) is 81.3 Å². The van der Waals surface area contributed by atoms with E-state index in [1.54, 1.807) is 0 Å². The van der Waals surface area contributed by atoms with E-state index < -0.39 is 23.0 Å². The van der Waals surface area contributed by atoms with Crippen LogP contribution in [0, 0.1) is 0 Å². The molecule has 0 unspecified atom stereocenters. The van der Waals surface area contributed by atoms with Crippen molar-refractivity contribution in [2.75, 3.05) is 5.43 Å². The van der Waals surface area contributed by atoms with Crippen LogP contribution in [0.4, 0.5) is 19.0 Å². The molecule has 0 fully saturated rings. The number of rotatable bonds is 3. The van der Waals surface area contributed by atoms with E-state index in [1.165, 1.54) is 31.8 Å². The molecule has 0 aliphatic rings. The van der Waals surface area contributed by atoms with Crippen LogP contribution >= 0.6 is 11.6 Å². The van der Waals surface area contributed by atoms with Crippen LogP contribution in [0.15, 0.2) is 33.2 Å². The number of nitrogens with zero attached hydrogens (tertiary/aromatic N) is 4. The summed E-state index contributed by atoms with van der Waals surface area (Å²) in [5.41, 5.74) is 0.708. The molecule has 0 saturated carbocycles. The van der Waals surface area contributed by atoms with Crippen molar-refractivity contribution >= 4 is 23.1 Å². The minimum absolute atomic E-state index is 0.101. The highest BCUT2D eigenvalue weighted by Gasteiger charge is 2.31. The third kappa shape index (κ3) is 3.90. The lowest BCUT2D eigenvalue weighted by Gasteiger charge is -2.09. The number of alkyl halides is 3. The van der Waals surface area contributed by atoms with Gasteiger partial charge in [0.15, 0.2) is 5.82 Å². The van der Waals surface area contributed by atoms with Gasteiger partial charge in [-0.25, -0.2) is 9.78 Å². The number of aryl methyl sites for hydroxylation is 1. The first-order chi connectivity index (χ1) is 11.5. The van der Waals surface area contributed by atoms with Gasteiger partial charge in [0.05, 0.1) is 21.9 Å². The van der Waals surface area contributed by atoms with Crippen LogP contribution in [0.1, 0.15) is 18.1 Å². The molecular weight excluding hydrogens is 363 g/mol. The second-order valence-corrected chi connectivity index (χ2v) is 5.57. The molecule has 0 aliphatic heterocycles. The van der Waals surface area contributed by atoms with E-state index in [9.17, 15) is 22.8 Å². The zero-order valence-corrected chi connectivity index (χ0v) is 14.1. The predicted molar refractivity (Wildman–Crippen MR) is 87.0 cm³/mol. The van der Waals surface area contributed by atoms with Gasteiger partial charge in [-0.3, -0.25) is 14.8 Å². The first-order valence-electron chi connectivity index (χ1n) is 6.82. The van der Waals surface area contributed by atoms with E-state index >= 15 is 0 Å². The number of hydrogen-bond donors (Lipinski definition) is 1. The van der Waals surface area contributed by atoms with Crippen molar-refractivity contribution in [2.45, 2.75) is 13.1 Å². The quantitative estimate of drug-likeness (QED) is 0.657. The molecule has 1 N–H and O–H groups in total. The Morgan fingerprint density at radius 2 is 1.96 bits per heavy atom. The number of nitrogens with one attached hydrogen (secondary N) is 1. The molecule has 25 heavy (non-hydrogen) atoms. The van der Waals surface area contributed by atoms with Crippen LogP contribution in [0.5, 0.6) is 0 Å². The van der Waals surface area contributed by atoms with Gasteiger partial charge in [0.25, 0.3) is 5.56 Å². The van der Waals surface area contributed by atoms with Gasteiger partial charge in [0.1, 0.15) is 0 Å². The SMILES string of the molecule is C/C(=N\Nc1ncc(C(F)(F)F)cc1Cl)c1cn(C)c(=O)n(C)c1=O. The maximum absolute atomic E-state index is 12.6. The standard InChI is InChI=1S/C14H13ClF3N5O2/c1-7(9-6-22(2)13(25)23(3)12(9)24)20-21-11-10(15)4-8(5-19-11)14(16,17)18/h4-6H,1-3H3,(H,19,21)/b20-7+. The summed E-state index contributed by atoms with van der Waals surface area (Å²) in [5, 5.41) is 3.62. The molecule has 2 aromatic heterocycles. The van der Waals surface area contributed by atoms with Crippen LogP contribution < -0.4 is 16.7 Å². The van der Waals surface area contributed by atoms with E-state index in [2.05, 4.69) is 15.5 Å². The van der Waals surface area contributed by atoms with Crippen molar-refractivity contribution in [1.82, 2.24) is 14.1 Å². The molecule has 7 nitrogen and oxygen atoms in total. The molecule has 0 amide bonds. The lowest BCUT2D eigenvalue weighted by Crippen LogP contribution is -2.39. The number of halogens is 4. The van der Waals surface area contributed by atoms with Crippen LogP contribution in [0.3, 0.4) is 0 Å². The molecule has 0 aromatic carbocycles. The van der Waals surface area contributed by atoms with Crippen molar-refractivity contribution in [2.24, 2.45) is 19.2 Å². The summed E-state index contributed by atoms with van der Waals surface area (Å²) in [7, 11) is 2.80. The zero-order chi connectivity index (χ0) is 18.9. The largest absolute Gasteiger partial charge is 0.417 e. The highest BCUT2D eigenvalue weighted by molar-refractivity contribution is 6.33. The molecule has 2 rings (SSSR count). The number of hydrazone groups is 1. The lowest BCUT2D eigenvalue weighted by atomic mass is 10.2. The number of anilines is 1. The van der Waals surface area contributed by atoms with Crippen molar-refractivity contribution < 1.29 is 13.2 Å². The second kappa shape index (κ2) is 6.71. The Kier molecular flexibility index (Phi) is 5.02. The Labute approximate surface area is 144 Å². The van der Waals surface area contributed by atoms with Gasteiger partial charge in [-0.1, -0.05) is 11.6 Å². The summed E-state index contributed by atoms with van der Waals surface area (Å²) in [6.45, 7) is 1.49. The van der Waals surface area contributed by atoms with Crippen LogP contribution in [-0.4, -0.2) is 19.8 Å². The Balaban J connectivity index is 2.34. The first-order valence-corrected chi connectivity index (χ1v) is 7.20. The maximum Gasteiger partial charge on any atom is 0.417 e. The zero-order valence-electron chi connectivity index (χ0n) is 13.3. The highest BCUT2D eigenvalue weighted by Crippen LogP contribution is 2.32. The minimum atomic E-state index is -4.56. The second-order valence-electron chi connectivity index (χ2n) is 5.16. The molecular formula is C14H13ClF3N5O2. The maximum atomic E-state index is 12.6. The van der Waals surface area contributed by atoms with Gasteiger partial charge < -0.3 is 4.57 Å². The van der Waals surface area contributed by atoms with Crippen LogP contribution in [0.25, 0.3) is 0 Å². The summed E-state index contributed by atoms with van der Waals surface area (Å²) in [5.74, 6) is -0.101. The van der Waals surface area contributed by atoms with Crippen molar-refractivity contribution in [3.05, 3.63) is 55.4 Å². The summed E-state index contributed by atoms with van der Waals surface area (Å²) < 4.78 is 39.9. The summed E-state index contributed by atoms with van der Waals surface area (Å²) in [6, 6.07) is 0.715. The van der Waals surface area contributed by atoms with E-state index in [0.29, 0.717) is 12.3 Å². The minimum Gasteiger partial charge on any atom is -0.303 e. The first kappa shape index (κ1) is 18.7. The van der Waals surface area contributed by atoms with Gasteiger partial charge >= 0.3 is 11.9 Å². The molecule has 2 aromatic rings. The number of aromatic nitrogens is 3. The Morgan fingerprint density at radius 1 is 1.32 bits per heavy atom. The molecule has 11 heteroatoms. The normalized spacial score (nSPS) is 12.4. The molecule has 0 aliphatic carbocycles. The fourth-order valence-electron chi connectivity index (χ4n) is 1.93. The molecule has 0 atom stereocenters. The average molecular weight is 376 g/mol. The smallest absolute Gasteiger partial charge is 0.303 e. The van der Waals surface area contributed by atoms with Gasteiger partial charge in [-0.2, -0.15) is 18.3 Å². The van der Waals surface area contributed by atoms with Crippen molar-refractivity contribution in [3.8, 4) is 0 Å². The molecule has 0 bridgehead atoms. The van der Waals surface area contributed by atoms with Gasteiger partial charge in [0, 0.05) is 26.5 Å². The Hall–Kier alpha value is -2.62. The summed E-state index contributed by atoms with van der Waals surface area (Å²) in [4.78, 5) is 27.3. The van der Waals surface area contributed by atoms with E-state index in [4.69, 9.17) is 11.6 Å². The average Bonchev–Trinajstić information content (AvgIpc) is 2.53. The molecule has 134 valence electrons. The van der Waals surface area contributed by atoms with Crippen LogP contribution in [-0.2, 0) is 20.3 Å². The third-order valence-corrected chi connectivity index (χ3v) is 3.62. The number of pyridine rings is 1. The lowest BCUT2D eigenvalue weighted by molar-refractivity contribution is -0.137. The van der Waals surface area contributed by atoms with Crippen LogP contribution in [0.2, 0.25) is 5.02 Å². The Bertz CT molecular complexity index is 962. The Morgan fingerprint density at radius 3 is 2.52 bits per heavy atom. The highest BCUT2D eigenvalue weighted by atomic mass is 35.5. The van der Waals surface area contributed by atoms with E-state index in [0.717, 1.165) is 4.57 Å². The van der Waals surface area contributed by atoms with Crippen molar-refractivity contribution in [3.63, 3.8) is 0 Å². The molecule has 2 heterocycles. The van der Waals surface area contributed by atoms with Gasteiger partial charge in [-0.15, -0.1) is 0 Å². The number of hydrogen-bond acceptors (Lipinski definition) is 5. The third-order valence-electron chi connectivity index (χ3n) is 3.33. The summed E-state index contributed by atoms with van der Waals surface area (Å²) >= 11 is 5.76. The summed E-state index contributed by atoms with van der Waals surface area (Å²) in [6.07, 6.45) is -2.63. The fourth-order valence-corrected chi connectivity index (χ4v) is 2.14. The van der Waals surface area contributed by atoms with E-state index in [-0.39, 0.29) is 22.1 Å². The fraction of sp³-hybridized carbons (Fsp3) is 0.286. The molecule has 0 radical (unpaired) electrons. The molecule has 0 saturated heterocycles. The predicted octanol–water partition coefficient (Wildman–Crippen LogP) is 1.99. The monoisotopic (exact) mass is 375 g/mol. The van der Waals surface area contributed by atoms with Crippen molar-refractivity contribution in [1.29, 1.82) is 0 Å².